The van der Waals surface area contributed by atoms with Crippen LogP contribution in [0.15, 0.2) is 59.3 Å². The SMILES string of the molecule is CCCCCCCn1nc(NC(=O)c2cccnc2)c2cc(Br)c(-c3ccc(OCOP(=O)(O)O)cc3)nc21. The summed E-state index contributed by atoms with van der Waals surface area (Å²) in [5.41, 5.74) is 2.51. The molecule has 206 valence electrons. The van der Waals surface area contributed by atoms with E-state index in [1.165, 1.54) is 12.6 Å². The first kappa shape index (κ1) is 28.8. The summed E-state index contributed by atoms with van der Waals surface area (Å²) in [5, 5.41) is 8.30. The van der Waals surface area contributed by atoms with Gasteiger partial charge < -0.3 is 19.8 Å². The summed E-state index contributed by atoms with van der Waals surface area (Å²) < 4.78 is 22.9. The molecule has 39 heavy (non-hydrogen) atoms. The van der Waals surface area contributed by atoms with Crippen molar-refractivity contribution in [1.29, 1.82) is 0 Å². The van der Waals surface area contributed by atoms with E-state index in [0.717, 1.165) is 31.2 Å². The molecule has 0 aliphatic heterocycles. The van der Waals surface area contributed by atoms with Gasteiger partial charge in [0, 0.05) is 29.0 Å². The number of amides is 1. The minimum Gasteiger partial charge on any atom is -0.467 e. The predicted octanol–water partition coefficient (Wildman–Crippen LogP) is 5.92. The maximum Gasteiger partial charge on any atom is 0.472 e. The number of hydrogen-bond donors (Lipinski definition) is 3. The molecule has 0 saturated heterocycles. The number of rotatable bonds is 13. The monoisotopic (exact) mass is 617 g/mol. The lowest BCUT2D eigenvalue weighted by Gasteiger charge is -2.10. The molecule has 0 fully saturated rings. The fourth-order valence-electron chi connectivity index (χ4n) is 3.94. The number of phosphoric acid groups is 1. The van der Waals surface area contributed by atoms with Crippen LogP contribution in [0.4, 0.5) is 5.82 Å². The van der Waals surface area contributed by atoms with Gasteiger partial charge in [0.05, 0.1) is 16.6 Å². The van der Waals surface area contributed by atoms with Crippen LogP contribution < -0.4 is 10.1 Å². The first-order valence-corrected chi connectivity index (χ1v) is 14.8. The Kier molecular flexibility index (Phi) is 9.82. The summed E-state index contributed by atoms with van der Waals surface area (Å²) in [5.74, 6) is 0.485. The number of pyridine rings is 2. The summed E-state index contributed by atoms with van der Waals surface area (Å²) >= 11 is 3.61. The zero-order valence-electron chi connectivity index (χ0n) is 21.3. The van der Waals surface area contributed by atoms with Crippen LogP contribution in [-0.4, -0.2) is 42.2 Å². The van der Waals surface area contributed by atoms with Gasteiger partial charge in [-0.3, -0.25) is 9.78 Å². The molecule has 4 aromatic rings. The maximum atomic E-state index is 12.8. The summed E-state index contributed by atoms with van der Waals surface area (Å²) in [4.78, 5) is 39.3. The third kappa shape index (κ3) is 7.93. The zero-order chi connectivity index (χ0) is 27.8. The van der Waals surface area contributed by atoms with Crippen LogP contribution in [0, 0.1) is 0 Å². The van der Waals surface area contributed by atoms with E-state index in [4.69, 9.17) is 24.6 Å². The highest BCUT2D eigenvalue weighted by atomic mass is 79.9. The van der Waals surface area contributed by atoms with Crippen LogP contribution in [0.3, 0.4) is 0 Å². The third-order valence-electron chi connectivity index (χ3n) is 5.88. The molecule has 13 heteroatoms. The highest BCUT2D eigenvalue weighted by Crippen LogP contribution is 2.36. The number of carbonyl (C=O) groups excluding carboxylic acids is 1. The van der Waals surface area contributed by atoms with Crippen molar-refractivity contribution in [3.05, 3.63) is 64.9 Å². The van der Waals surface area contributed by atoms with E-state index in [-0.39, 0.29) is 5.91 Å². The number of fused-ring (bicyclic) bond motifs is 1. The molecule has 0 atom stereocenters. The highest BCUT2D eigenvalue weighted by Gasteiger charge is 2.19. The van der Waals surface area contributed by atoms with Gasteiger partial charge in [-0.05, 0) is 64.8 Å². The van der Waals surface area contributed by atoms with Crippen LogP contribution in [0.25, 0.3) is 22.3 Å². The number of aryl methyl sites for hydroxylation is 1. The molecule has 3 aromatic heterocycles. The van der Waals surface area contributed by atoms with E-state index in [9.17, 15) is 9.36 Å². The van der Waals surface area contributed by atoms with Crippen LogP contribution in [-0.2, 0) is 15.6 Å². The first-order valence-electron chi connectivity index (χ1n) is 12.5. The lowest BCUT2D eigenvalue weighted by Crippen LogP contribution is -2.13. The van der Waals surface area contributed by atoms with Crippen molar-refractivity contribution in [2.75, 3.05) is 12.1 Å². The van der Waals surface area contributed by atoms with Crippen molar-refractivity contribution in [3.63, 3.8) is 0 Å². The van der Waals surface area contributed by atoms with E-state index in [2.05, 4.69) is 37.7 Å². The molecule has 0 spiro atoms. The smallest absolute Gasteiger partial charge is 0.467 e. The number of aromatic nitrogens is 4. The van der Waals surface area contributed by atoms with Crippen LogP contribution in [0.1, 0.15) is 49.4 Å². The van der Waals surface area contributed by atoms with Gasteiger partial charge in [0.2, 0.25) is 0 Å². The Morgan fingerprint density at radius 3 is 2.59 bits per heavy atom. The predicted molar refractivity (Wildman–Crippen MR) is 150 cm³/mol. The number of anilines is 1. The number of benzene rings is 1. The number of nitrogens with one attached hydrogen (secondary N) is 1. The Bertz CT molecular complexity index is 1460. The van der Waals surface area contributed by atoms with Crippen molar-refractivity contribution in [1.82, 2.24) is 19.7 Å². The van der Waals surface area contributed by atoms with Crippen LogP contribution >= 0.6 is 23.8 Å². The molecule has 3 heterocycles. The van der Waals surface area contributed by atoms with Crippen molar-refractivity contribution in [3.8, 4) is 17.0 Å². The summed E-state index contributed by atoms with van der Waals surface area (Å²) in [7, 11) is -4.61. The lowest BCUT2D eigenvalue weighted by atomic mass is 10.1. The summed E-state index contributed by atoms with van der Waals surface area (Å²) in [6, 6.07) is 12.1. The highest BCUT2D eigenvalue weighted by molar-refractivity contribution is 9.10. The molecule has 0 saturated carbocycles. The van der Waals surface area contributed by atoms with E-state index in [1.807, 2.05) is 10.7 Å². The Balaban J connectivity index is 1.61. The standard InChI is InChI=1S/C26H29BrN5O6P/c1-2-3-4-5-6-14-32-25-21(24(31-32)30-26(33)19-8-7-13-28-16-19)15-22(27)23(29-25)18-9-11-20(12-10-18)37-17-38-39(34,35)36/h7-13,15-16H,2-6,14,17H2,1H3,(H,30,31,33)(H2,34,35,36). The molecule has 11 nitrogen and oxygen atoms in total. The fourth-order valence-corrected chi connectivity index (χ4v) is 4.67. The second-order valence-corrected chi connectivity index (χ2v) is 10.9. The van der Waals surface area contributed by atoms with Gasteiger partial charge in [0.1, 0.15) is 5.75 Å². The quantitative estimate of drug-likeness (QED) is 0.0943. The van der Waals surface area contributed by atoms with Crippen molar-refractivity contribution in [2.45, 2.75) is 45.6 Å². The Morgan fingerprint density at radius 2 is 1.90 bits per heavy atom. The zero-order valence-corrected chi connectivity index (χ0v) is 23.8. The van der Waals surface area contributed by atoms with Crippen LogP contribution in [0.2, 0.25) is 0 Å². The second kappa shape index (κ2) is 13.3. The largest absolute Gasteiger partial charge is 0.472 e. The Labute approximate surface area is 234 Å². The first-order chi connectivity index (χ1) is 18.7. The minimum atomic E-state index is -4.61. The molecular formula is C26H29BrN5O6P. The van der Waals surface area contributed by atoms with Gasteiger partial charge in [-0.15, -0.1) is 0 Å². The number of hydrogen-bond acceptors (Lipinski definition) is 7. The van der Waals surface area contributed by atoms with Crippen LogP contribution in [0.5, 0.6) is 5.75 Å². The van der Waals surface area contributed by atoms with Gasteiger partial charge >= 0.3 is 7.82 Å². The number of unbranched alkanes of at least 4 members (excludes halogenated alkanes) is 4. The minimum absolute atomic E-state index is 0.309. The number of halogens is 1. The number of phosphoric ester groups is 1. The van der Waals surface area contributed by atoms with E-state index in [1.54, 1.807) is 42.6 Å². The molecule has 0 aliphatic rings. The molecule has 0 unspecified atom stereocenters. The van der Waals surface area contributed by atoms with Crippen molar-refractivity contribution in [2.24, 2.45) is 0 Å². The Hall–Kier alpha value is -3.15. The normalized spacial score (nSPS) is 11.6. The van der Waals surface area contributed by atoms with Gasteiger partial charge in [-0.1, -0.05) is 32.6 Å². The van der Waals surface area contributed by atoms with E-state index < -0.39 is 14.6 Å². The lowest BCUT2D eigenvalue weighted by molar-refractivity contribution is 0.0829. The molecule has 1 aromatic carbocycles. The summed E-state index contributed by atoms with van der Waals surface area (Å²) in [6.45, 7) is 2.25. The molecule has 0 radical (unpaired) electrons. The fraction of sp³-hybridized carbons (Fsp3) is 0.308. The molecule has 1 amide bonds. The number of nitrogens with zero attached hydrogens (tertiary/aromatic N) is 4. The van der Waals surface area contributed by atoms with Crippen molar-refractivity contribution < 1.29 is 28.4 Å². The average Bonchev–Trinajstić information content (AvgIpc) is 3.24. The van der Waals surface area contributed by atoms with Gasteiger partial charge in [-0.25, -0.2) is 18.8 Å². The molecule has 0 aliphatic carbocycles. The molecular weight excluding hydrogens is 589 g/mol. The topological polar surface area (TPSA) is 149 Å². The van der Waals surface area contributed by atoms with Gasteiger partial charge in [0.15, 0.2) is 18.3 Å². The number of carbonyl (C=O) groups is 1. The van der Waals surface area contributed by atoms with Crippen molar-refractivity contribution >= 4 is 46.5 Å². The third-order valence-corrected chi connectivity index (χ3v) is 6.93. The molecule has 3 N–H and O–H groups in total. The Morgan fingerprint density at radius 1 is 1.13 bits per heavy atom. The number of ether oxygens (including phenoxy) is 1. The second-order valence-electron chi connectivity index (χ2n) is 8.78. The van der Waals surface area contributed by atoms with E-state index in [0.29, 0.717) is 44.9 Å². The summed E-state index contributed by atoms with van der Waals surface area (Å²) in [6.07, 6.45) is 8.61. The average molecular weight is 618 g/mol. The molecule has 4 rings (SSSR count). The molecule has 0 bridgehead atoms. The van der Waals surface area contributed by atoms with Gasteiger partial charge in [0.25, 0.3) is 5.91 Å². The van der Waals surface area contributed by atoms with Gasteiger partial charge in [-0.2, -0.15) is 5.10 Å². The maximum absolute atomic E-state index is 12.8. The van der Waals surface area contributed by atoms with E-state index >= 15 is 0 Å².